The molecule has 0 aromatic carbocycles. The van der Waals surface area contributed by atoms with Crippen molar-refractivity contribution in [2.75, 3.05) is 26.2 Å². The van der Waals surface area contributed by atoms with Gasteiger partial charge < -0.3 is 5.32 Å². The lowest BCUT2D eigenvalue weighted by atomic mass is 9.78. The summed E-state index contributed by atoms with van der Waals surface area (Å²) in [6.45, 7) is 6.07. The van der Waals surface area contributed by atoms with Crippen LogP contribution in [0.3, 0.4) is 0 Å². The van der Waals surface area contributed by atoms with Crippen LogP contribution >= 0.6 is 11.3 Å². The van der Waals surface area contributed by atoms with Crippen LogP contribution in [0.2, 0.25) is 0 Å². The fourth-order valence-electron chi connectivity index (χ4n) is 3.91. The van der Waals surface area contributed by atoms with Crippen molar-refractivity contribution in [3.63, 3.8) is 0 Å². The van der Waals surface area contributed by atoms with Gasteiger partial charge in [-0.1, -0.05) is 0 Å². The minimum Gasteiger partial charge on any atom is -0.317 e. The number of rotatable bonds is 3. The van der Waals surface area contributed by atoms with Crippen LogP contribution in [0.1, 0.15) is 24.1 Å². The third-order valence-electron chi connectivity index (χ3n) is 5.21. The number of thiophene rings is 1. The highest BCUT2D eigenvalue weighted by molar-refractivity contribution is 7.15. The average Bonchev–Trinajstić information content (AvgIpc) is 3.22. The quantitative estimate of drug-likeness (QED) is 0.945. The van der Waals surface area contributed by atoms with Gasteiger partial charge in [0.2, 0.25) is 0 Å². The maximum Gasteiger partial charge on any atom is 0.0576 e. The number of nitrogens with one attached hydrogen (secondary N) is 1. The van der Waals surface area contributed by atoms with Crippen molar-refractivity contribution < 1.29 is 0 Å². The van der Waals surface area contributed by atoms with Crippen LogP contribution in [0.4, 0.5) is 0 Å². The second-order valence-corrected chi connectivity index (χ2v) is 8.05. The molecule has 4 nitrogen and oxygen atoms in total. The van der Waals surface area contributed by atoms with Gasteiger partial charge in [-0.3, -0.25) is 9.58 Å². The van der Waals surface area contributed by atoms with Crippen molar-refractivity contribution in [1.29, 1.82) is 0 Å². The molecule has 1 spiro atoms. The summed E-state index contributed by atoms with van der Waals surface area (Å²) < 4.78 is 1.87. The summed E-state index contributed by atoms with van der Waals surface area (Å²) in [6, 6.07) is 4.54. The third kappa shape index (κ3) is 2.85. The predicted molar refractivity (Wildman–Crippen MR) is 91.0 cm³/mol. The molecule has 4 rings (SSSR count). The summed E-state index contributed by atoms with van der Waals surface area (Å²) >= 11 is 1.91. The van der Waals surface area contributed by atoms with Crippen molar-refractivity contribution in [3.05, 3.63) is 29.4 Å². The molecule has 1 N–H and O–H groups in total. The molecule has 2 aromatic rings. The summed E-state index contributed by atoms with van der Waals surface area (Å²) in [5, 5.41) is 7.77. The molecule has 5 heteroatoms. The SMILES string of the molecule is Cn1cc(-c2ccc(CN3CCC4(CCNCC4)C3)s2)cn1. The standard InChI is InChI=1S/C17H24N4S/c1-20-11-14(10-19-20)16-3-2-15(22-16)12-21-9-6-17(13-21)4-7-18-8-5-17/h2-3,10-11,18H,4-9,12-13H2,1H3. The zero-order valence-corrected chi connectivity index (χ0v) is 14.0. The molecule has 0 saturated carbocycles. The first-order valence-electron chi connectivity index (χ1n) is 8.23. The summed E-state index contributed by atoms with van der Waals surface area (Å²) in [4.78, 5) is 5.47. The van der Waals surface area contributed by atoms with Crippen LogP contribution in [-0.4, -0.2) is 40.9 Å². The first-order chi connectivity index (χ1) is 10.7. The number of piperidine rings is 1. The highest BCUT2D eigenvalue weighted by Gasteiger charge is 2.38. The van der Waals surface area contributed by atoms with Gasteiger partial charge >= 0.3 is 0 Å². The molecule has 0 radical (unpaired) electrons. The molecule has 2 aliphatic rings. The van der Waals surface area contributed by atoms with E-state index < -0.39 is 0 Å². The van der Waals surface area contributed by atoms with Crippen LogP contribution in [0.25, 0.3) is 10.4 Å². The summed E-state index contributed by atoms with van der Waals surface area (Å²) in [6.07, 6.45) is 8.14. The number of aryl methyl sites for hydroxylation is 1. The zero-order valence-electron chi connectivity index (χ0n) is 13.2. The molecule has 0 bridgehead atoms. The highest BCUT2D eigenvalue weighted by atomic mass is 32.1. The van der Waals surface area contributed by atoms with E-state index in [2.05, 4.69) is 33.6 Å². The zero-order chi connectivity index (χ0) is 15.0. The molecular weight excluding hydrogens is 292 g/mol. The Labute approximate surface area is 136 Å². The molecule has 22 heavy (non-hydrogen) atoms. The molecule has 4 heterocycles. The average molecular weight is 316 g/mol. The normalized spacial score (nSPS) is 21.7. The van der Waals surface area contributed by atoms with E-state index >= 15 is 0 Å². The highest BCUT2D eigenvalue weighted by Crippen LogP contribution is 2.39. The van der Waals surface area contributed by atoms with E-state index in [9.17, 15) is 0 Å². The van der Waals surface area contributed by atoms with Crippen molar-refractivity contribution in [1.82, 2.24) is 20.0 Å². The molecule has 2 aromatic heterocycles. The Bertz CT molecular complexity index is 639. The Balaban J connectivity index is 1.41. The van der Waals surface area contributed by atoms with Crippen LogP contribution < -0.4 is 5.32 Å². The number of nitrogens with zero attached hydrogens (tertiary/aromatic N) is 3. The number of hydrogen-bond donors (Lipinski definition) is 1. The number of hydrogen-bond acceptors (Lipinski definition) is 4. The lowest BCUT2D eigenvalue weighted by Gasteiger charge is -2.33. The smallest absolute Gasteiger partial charge is 0.0576 e. The van der Waals surface area contributed by atoms with Gasteiger partial charge in [0.15, 0.2) is 0 Å². The van der Waals surface area contributed by atoms with Crippen LogP contribution in [0, 0.1) is 5.41 Å². The van der Waals surface area contributed by atoms with Gasteiger partial charge in [0.05, 0.1) is 6.20 Å². The molecule has 118 valence electrons. The topological polar surface area (TPSA) is 33.1 Å². The van der Waals surface area contributed by atoms with E-state index in [1.54, 1.807) is 0 Å². The number of aromatic nitrogens is 2. The van der Waals surface area contributed by atoms with Crippen LogP contribution in [0.5, 0.6) is 0 Å². The fourth-order valence-corrected chi connectivity index (χ4v) is 4.94. The molecule has 0 unspecified atom stereocenters. The van der Waals surface area contributed by atoms with Crippen molar-refractivity contribution in [2.24, 2.45) is 12.5 Å². The minimum atomic E-state index is 0.606. The van der Waals surface area contributed by atoms with Gasteiger partial charge in [-0.2, -0.15) is 5.10 Å². The lowest BCUT2D eigenvalue weighted by molar-refractivity contribution is 0.194. The molecule has 0 aliphatic carbocycles. The predicted octanol–water partition coefficient (Wildman–Crippen LogP) is 2.72. The molecular formula is C17H24N4S. The van der Waals surface area contributed by atoms with Crippen LogP contribution in [-0.2, 0) is 13.6 Å². The van der Waals surface area contributed by atoms with Gasteiger partial charge in [0, 0.05) is 41.7 Å². The Hall–Kier alpha value is -1.17. The summed E-state index contributed by atoms with van der Waals surface area (Å²) in [5.41, 5.74) is 1.84. The van der Waals surface area contributed by atoms with E-state index in [-0.39, 0.29) is 0 Å². The van der Waals surface area contributed by atoms with Crippen molar-refractivity contribution in [3.8, 4) is 10.4 Å². The van der Waals surface area contributed by atoms with Gasteiger partial charge in [-0.15, -0.1) is 11.3 Å². The van der Waals surface area contributed by atoms with E-state index in [0.717, 1.165) is 6.54 Å². The second-order valence-electron chi connectivity index (χ2n) is 6.88. The Morgan fingerprint density at radius 3 is 2.91 bits per heavy atom. The first kappa shape index (κ1) is 14.4. The Morgan fingerprint density at radius 2 is 2.14 bits per heavy atom. The van der Waals surface area contributed by atoms with Gasteiger partial charge in [-0.05, 0) is 56.4 Å². The second kappa shape index (κ2) is 5.80. The maximum atomic E-state index is 4.27. The molecule has 0 amide bonds. The van der Waals surface area contributed by atoms with Crippen molar-refractivity contribution in [2.45, 2.75) is 25.8 Å². The van der Waals surface area contributed by atoms with E-state index in [1.807, 2.05) is 29.3 Å². The maximum absolute atomic E-state index is 4.27. The van der Waals surface area contributed by atoms with E-state index in [1.165, 1.54) is 60.8 Å². The molecule has 2 aliphatic heterocycles. The van der Waals surface area contributed by atoms with Crippen molar-refractivity contribution >= 4 is 11.3 Å². The molecule has 2 fully saturated rings. The van der Waals surface area contributed by atoms with Gasteiger partial charge in [0.25, 0.3) is 0 Å². The van der Waals surface area contributed by atoms with Crippen LogP contribution in [0.15, 0.2) is 24.5 Å². The Kier molecular flexibility index (Phi) is 3.80. The largest absolute Gasteiger partial charge is 0.317 e. The first-order valence-corrected chi connectivity index (χ1v) is 9.05. The van der Waals surface area contributed by atoms with Gasteiger partial charge in [0.1, 0.15) is 0 Å². The molecule has 0 atom stereocenters. The summed E-state index contributed by atoms with van der Waals surface area (Å²) in [5.74, 6) is 0. The number of likely N-dealkylation sites (tertiary alicyclic amines) is 1. The lowest BCUT2D eigenvalue weighted by Crippen LogP contribution is -2.38. The van der Waals surface area contributed by atoms with Gasteiger partial charge in [-0.25, -0.2) is 0 Å². The van der Waals surface area contributed by atoms with E-state index in [4.69, 9.17) is 0 Å². The fraction of sp³-hybridized carbons (Fsp3) is 0.588. The Morgan fingerprint density at radius 1 is 1.27 bits per heavy atom. The third-order valence-corrected chi connectivity index (χ3v) is 6.33. The monoisotopic (exact) mass is 316 g/mol. The minimum absolute atomic E-state index is 0.606. The molecule has 2 saturated heterocycles. The van der Waals surface area contributed by atoms with E-state index in [0.29, 0.717) is 5.41 Å². The summed E-state index contributed by atoms with van der Waals surface area (Å²) in [7, 11) is 1.97.